The SMILES string of the molecule is Cc1cccc2c(OC(=O)N(CCOCCO)CCN(C)C(=O)OCc3ccc(NC(=O)[C@H](CCCNC(N)=O)CC(=O)[C@@H](NC(=O)OCCOCCn4cc(CNC(=O)OCCOCCN5C(=O)C=CC5=O)nn4)C(C)C)cc3)cc3c(c12)[C@H](CCl)CN3C(=O)c1cc2cc(NC(=O)c3ccc(O)cc3)cnc2[nH]1. The second kappa shape index (κ2) is 40.4. The normalized spacial score (nSPS) is 13.6. The summed E-state index contributed by atoms with van der Waals surface area (Å²) in [6.45, 7) is 5.49. The molecule has 0 unspecified atom stereocenters. The van der Waals surface area contributed by atoms with Gasteiger partial charge in [0.15, 0.2) is 5.78 Å². The lowest BCUT2D eigenvalue weighted by Crippen LogP contribution is -2.46. The number of urea groups is 1. The number of hydrogen-bond acceptors (Lipinski definition) is 23. The molecule has 5 heterocycles. The largest absolute Gasteiger partial charge is 0.508 e. The van der Waals surface area contributed by atoms with Crippen molar-refractivity contribution in [3.8, 4) is 11.5 Å². The Labute approximate surface area is 636 Å². The lowest BCUT2D eigenvalue weighted by molar-refractivity contribution is -0.137. The van der Waals surface area contributed by atoms with E-state index in [-0.39, 0.29) is 167 Å². The molecular weight excluding hydrogens is 1450 g/mol. The molecule has 3 aromatic heterocycles. The van der Waals surface area contributed by atoms with Crippen LogP contribution in [0, 0.1) is 18.8 Å². The minimum atomic E-state index is -1.05. The molecule has 110 heavy (non-hydrogen) atoms. The van der Waals surface area contributed by atoms with Crippen molar-refractivity contribution in [2.45, 2.75) is 71.7 Å². The minimum absolute atomic E-state index is 0.000273. The Morgan fingerprint density at radius 2 is 1.50 bits per heavy atom. The van der Waals surface area contributed by atoms with Crippen molar-refractivity contribution in [2.75, 3.05) is 127 Å². The number of alkyl halides is 1. The Hall–Kier alpha value is -11.8. The third-order valence-corrected chi connectivity index (χ3v) is 18.0. The number of phenols is 1. The Balaban J connectivity index is 0.729. The number of H-pyrrole nitrogens is 1. The van der Waals surface area contributed by atoms with Gasteiger partial charge >= 0.3 is 30.4 Å². The van der Waals surface area contributed by atoms with Crippen LogP contribution in [-0.4, -0.2) is 233 Å². The summed E-state index contributed by atoms with van der Waals surface area (Å²) in [5.41, 5.74) is 9.95. The van der Waals surface area contributed by atoms with E-state index in [9.17, 15) is 63.0 Å². The molecule has 9 rings (SSSR count). The molecule has 3 atom stereocenters. The summed E-state index contributed by atoms with van der Waals surface area (Å²) in [6.07, 6.45) is 2.37. The van der Waals surface area contributed by atoms with E-state index in [1.807, 2.05) is 25.1 Å². The number of pyridine rings is 1. The van der Waals surface area contributed by atoms with Gasteiger partial charge in [-0.05, 0) is 96.3 Å². The quantitative estimate of drug-likeness (QED) is 0.00889. The number of aromatic nitrogens is 5. The zero-order valence-corrected chi connectivity index (χ0v) is 61.8. The van der Waals surface area contributed by atoms with Crippen LogP contribution < -0.4 is 42.0 Å². The first-order valence-corrected chi connectivity index (χ1v) is 35.9. The van der Waals surface area contributed by atoms with Crippen LogP contribution in [0.4, 0.5) is 41.0 Å². The number of phenolic OH excluding ortho intramolecular Hbond substituents is 1. The Morgan fingerprint density at radius 1 is 0.782 bits per heavy atom. The van der Waals surface area contributed by atoms with Crippen molar-refractivity contribution < 1.29 is 96.1 Å². The fourth-order valence-corrected chi connectivity index (χ4v) is 12.2. The van der Waals surface area contributed by atoms with Crippen LogP contribution in [0.25, 0.3) is 21.8 Å². The number of rotatable bonds is 40. The molecule has 0 saturated carbocycles. The average Bonchev–Trinajstić information content (AvgIpc) is 1.49. The fraction of sp³-hybridized carbons (Fsp3) is 0.405. The molecule has 35 nitrogen and oxygen atoms in total. The number of imide groups is 1. The maximum Gasteiger partial charge on any atom is 0.415 e. The van der Waals surface area contributed by atoms with Gasteiger partial charge in [-0.15, -0.1) is 16.7 Å². The standard InChI is InChI=1S/C74H88ClN15O20/c1-45(2)65(83-72(101)108-34-32-105-28-24-88-43-54(84-85-88)41-79-71(100)107-33-31-106-29-25-89-61(94)18-19-62(89)95)59(93)37-49(8-6-20-77-70(76)99)68(97)80-52-14-10-47(11-15-52)44-109-73(102)86(4)21-22-87(23-27-104-30-26-91)74(103)110-60-38-58-64(63-46(3)7-5-9-56(60)63)51(39-75)42-90(58)69(98)57-36-50-35-53(40-78-66(50)82-57)81-67(96)48-12-16-55(92)17-13-48/h5,7,9-19,35-36,38,40,43,45,49,51,65,91-92H,6,8,20-34,37,39,41-42,44H2,1-4H3,(H,78,82)(H,79,100)(H,80,97)(H,81,96)(H,83,101)(H3,76,77,99)/t49-,51-,65+/m1/s1. The number of aryl methyl sites for hydroxylation is 1. The molecule has 2 aliphatic heterocycles. The number of anilines is 3. The number of alkyl carbamates (subject to hydrolysis) is 2. The number of Topliss-reactive ketones (excluding diaryl/α,β-unsaturated/α-hetero) is 1. The summed E-state index contributed by atoms with van der Waals surface area (Å²) in [4.78, 5) is 156. The first-order valence-electron chi connectivity index (χ1n) is 35.4. The first-order chi connectivity index (χ1) is 53.0. The zero-order valence-electron chi connectivity index (χ0n) is 61.0. The van der Waals surface area contributed by atoms with E-state index in [4.69, 9.17) is 50.5 Å². The summed E-state index contributed by atoms with van der Waals surface area (Å²) in [5.74, 6) is -4.01. The van der Waals surface area contributed by atoms with E-state index < -0.39 is 83.6 Å². The van der Waals surface area contributed by atoms with E-state index in [1.54, 1.807) is 67.4 Å². The third kappa shape index (κ3) is 23.4. The Bertz CT molecular complexity index is 4440. The van der Waals surface area contributed by atoms with Crippen LogP contribution >= 0.6 is 11.6 Å². The predicted molar refractivity (Wildman–Crippen MR) is 398 cm³/mol. The molecule has 0 saturated heterocycles. The monoisotopic (exact) mass is 1540 g/mol. The second-order valence-corrected chi connectivity index (χ2v) is 26.2. The van der Waals surface area contributed by atoms with Crippen molar-refractivity contribution in [1.29, 1.82) is 0 Å². The minimum Gasteiger partial charge on any atom is -0.508 e. The van der Waals surface area contributed by atoms with Gasteiger partial charge in [-0.2, -0.15) is 0 Å². The number of ether oxygens (including phenoxy) is 7. The number of aliphatic hydroxyl groups is 1. The van der Waals surface area contributed by atoms with Crippen molar-refractivity contribution in [3.05, 3.63) is 143 Å². The summed E-state index contributed by atoms with van der Waals surface area (Å²) in [7, 11) is 1.49. The number of ketones is 1. The number of fused-ring (bicyclic) bond motifs is 4. The lowest BCUT2D eigenvalue weighted by atomic mass is 9.89. The van der Waals surface area contributed by atoms with Gasteiger partial charge in [0.2, 0.25) is 5.91 Å². The van der Waals surface area contributed by atoms with E-state index in [0.29, 0.717) is 50.3 Å². The number of carbonyl (C=O) groups excluding carboxylic acids is 11. The van der Waals surface area contributed by atoms with Crippen LogP contribution in [0.2, 0.25) is 0 Å². The summed E-state index contributed by atoms with van der Waals surface area (Å²) in [5, 5.41) is 42.2. The van der Waals surface area contributed by atoms with E-state index >= 15 is 0 Å². The van der Waals surface area contributed by atoms with Gasteiger partial charge < -0.3 is 95.4 Å². The topological polar surface area (TPSA) is 451 Å². The predicted octanol–water partition coefficient (Wildman–Crippen LogP) is 6.23. The van der Waals surface area contributed by atoms with Gasteiger partial charge in [0, 0.05) is 104 Å². The van der Waals surface area contributed by atoms with Gasteiger partial charge in [-0.1, -0.05) is 49.4 Å². The summed E-state index contributed by atoms with van der Waals surface area (Å²) in [6, 6.07) is 20.8. The maximum atomic E-state index is 14.7. The molecule has 4 aromatic carbocycles. The molecule has 11 amide bonds. The number of benzene rings is 4. The molecule has 10 N–H and O–H groups in total. The van der Waals surface area contributed by atoms with Crippen LogP contribution in [0.5, 0.6) is 11.5 Å². The number of aromatic amines is 1. The summed E-state index contributed by atoms with van der Waals surface area (Å²) >= 11 is 6.66. The number of likely N-dealkylation sites (N-methyl/N-ethyl adjacent to an activating group) is 1. The zero-order chi connectivity index (χ0) is 78.8. The third-order valence-electron chi connectivity index (χ3n) is 17.7. The molecule has 7 aromatic rings. The Kier molecular flexibility index (Phi) is 30.2. The molecule has 0 fully saturated rings. The molecule has 586 valence electrons. The number of amides is 11. The number of hydrogen-bond donors (Lipinski definition) is 9. The second-order valence-electron chi connectivity index (χ2n) is 25.9. The van der Waals surface area contributed by atoms with Crippen LogP contribution in [0.3, 0.4) is 0 Å². The van der Waals surface area contributed by atoms with Gasteiger partial charge in [0.05, 0.1) is 95.7 Å². The lowest BCUT2D eigenvalue weighted by Gasteiger charge is -2.26. The van der Waals surface area contributed by atoms with Gasteiger partial charge in [-0.25, -0.2) is 33.6 Å². The Morgan fingerprint density at radius 3 is 2.21 bits per heavy atom. The highest BCUT2D eigenvalue weighted by Gasteiger charge is 2.38. The van der Waals surface area contributed by atoms with Gasteiger partial charge in [0.25, 0.3) is 23.6 Å². The molecule has 0 radical (unpaired) electrons. The molecule has 0 spiro atoms. The molecule has 0 aliphatic carbocycles. The number of primary amides is 1. The number of nitrogens with one attached hydrogen (secondary N) is 6. The van der Waals surface area contributed by atoms with Gasteiger partial charge in [-0.3, -0.25) is 33.7 Å². The van der Waals surface area contributed by atoms with Crippen LogP contribution in [0.15, 0.2) is 109 Å². The smallest absolute Gasteiger partial charge is 0.415 e. The van der Waals surface area contributed by atoms with Crippen LogP contribution in [-0.2, 0) is 67.3 Å². The van der Waals surface area contributed by atoms with Crippen molar-refractivity contribution in [2.24, 2.45) is 17.6 Å². The number of carbonyl (C=O) groups is 11. The number of nitrogens with two attached hydrogens (primary N) is 1. The highest BCUT2D eigenvalue weighted by molar-refractivity contribution is 6.20. The van der Waals surface area contributed by atoms with Gasteiger partial charge in [0.1, 0.15) is 48.4 Å². The van der Waals surface area contributed by atoms with Crippen molar-refractivity contribution in [1.82, 2.24) is 55.6 Å². The molecule has 2 aliphatic rings. The van der Waals surface area contributed by atoms with E-state index in [0.717, 1.165) is 21.4 Å². The highest BCUT2D eigenvalue weighted by Crippen LogP contribution is 2.47. The number of halogens is 1. The highest BCUT2D eigenvalue weighted by atomic mass is 35.5. The van der Waals surface area contributed by atoms with Crippen molar-refractivity contribution in [3.63, 3.8) is 0 Å². The fourth-order valence-electron chi connectivity index (χ4n) is 11.9. The van der Waals surface area contributed by atoms with Crippen molar-refractivity contribution >= 4 is 116 Å². The number of aromatic hydroxyl groups is 1. The van der Waals surface area contributed by atoms with Crippen LogP contribution in [0.1, 0.15) is 82.3 Å². The summed E-state index contributed by atoms with van der Waals surface area (Å²) < 4.78 is 40.2. The maximum absolute atomic E-state index is 14.7. The first kappa shape index (κ1) is 82.3. The molecule has 0 bridgehead atoms. The number of nitrogens with zero attached hydrogens (tertiary/aromatic N) is 8. The van der Waals surface area contributed by atoms with E-state index in [1.165, 1.54) is 64.1 Å². The average molecular weight is 1540 g/mol. The number of aliphatic hydroxyl groups excluding tert-OH is 1. The van der Waals surface area contributed by atoms with E-state index in [2.05, 4.69) is 46.9 Å². The molecular formula is C74H88ClN15O20. The molecule has 36 heteroatoms.